The lowest BCUT2D eigenvalue weighted by atomic mass is 9.97. The number of carbonyl (C=O) groups is 4. The van der Waals surface area contributed by atoms with Crippen molar-refractivity contribution in [2.24, 2.45) is 0 Å². The molecular formula is C64H63Br3Cl5N25O8. The summed E-state index contributed by atoms with van der Waals surface area (Å²) in [5.74, 6) is 0.0986. The number of nitrogens with two attached hydrogens (primary N) is 1. The lowest BCUT2D eigenvalue weighted by Crippen LogP contribution is -2.54. The minimum Gasteiger partial charge on any atom is -0.384 e. The van der Waals surface area contributed by atoms with Crippen LogP contribution in [0.15, 0.2) is 108 Å². The Morgan fingerprint density at radius 2 is 0.752 bits per heavy atom. The van der Waals surface area contributed by atoms with E-state index in [1.165, 1.54) is 61.5 Å². The number of amides is 4. The molecule has 0 bridgehead atoms. The molecule has 8 aliphatic rings. The van der Waals surface area contributed by atoms with E-state index in [0.717, 1.165) is 13.1 Å². The number of aromatic nitrogens is 10. The summed E-state index contributed by atoms with van der Waals surface area (Å²) in [6, 6.07) is 18.9. The molecule has 9 N–H and O–H groups in total. The summed E-state index contributed by atoms with van der Waals surface area (Å²) in [6.07, 6.45) is 13.4. The Labute approximate surface area is 649 Å². The van der Waals surface area contributed by atoms with E-state index in [1.807, 2.05) is 20.8 Å². The Hall–Kier alpha value is -8.99. The van der Waals surface area contributed by atoms with Crippen molar-refractivity contribution < 1.29 is 19.2 Å². The van der Waals surface area contributed by atoms with Crippen molar-refractivity contribution in [1.82, 2.24) is 89.5 Å². The standard InChI is InChI=1S/2C17H16ClN7O2.C13H12BrClN4O2.C11H11BrClN3O2.C4H5N3.C2H2BrN.ClH/c2*18-11-9-12(22-13-1-5-20-10-21-13)16(27)25-14(11)15(26)23-17(25)2-6-24(7-3-17)8-4-19;14-8-7-9(15)10-11(20)17-13(19(10)12(8)21)1-4-18(5-2-13)6-3-16;12-6-5-7(13)8-9(17)15-11(16(8)10(6)18)1-3-14-4-2-11;5-4-1-2-6-3-7-4;3-1-2-4;/h2*1,5,9-10H,2-3,6-8H2,(H,23,26)(H,20,21,22);7H,1-2,4-6H2,(H,17,20);5,14H,1-4H2,(H,15,17);1-3H,(H2,5,6,7);1H2;1H. The highest BCUT2D eigenvalue weighted by Gasteiger charge is 2.51. The fourth-order valence-corrected chi connectivity index (χ4v) is 15.5. The Morgan fingerprint density at radius 1 is 0.457 bits per heavy atom. The molecule has 0 aliphatic carbocycles. The fourth-order valence-electron chi connectivity index (χ4n) is 13.3. The van der Waals surface area contributed by atoms with Crippen LogP contribution in [0.4, 0.5) is 28.8 Å². The largest absolute Gasteiger partial charge is 0.384 e. The average molecular weight is 1730 g/mol. The second-order valence-electron chi connectivity index (χ2n) is 24.3. The Morgan fingerprint density at radius 3 is 1.02 bits per heavy atom. The van der Waals surface area contributed by atoms with Gasteiger partial charge in [-0.2, -0.15) is 21.0 Å². The Balaban J connectivity index is 0.000000155. The predicted molar refractivity (Wildman–Crippen MR) is 400 cm³/mol. The molecule has 4 saturated heterocycles. The van der Waals surface area contributed by atoms with Crippen LogP contribution in [0.5, 0.6) is 0 Å². The van der Waals surface area contributed by atoms with Crippen molar-refractivity contribution in [3.8, 4) is 24.3 Å². The number of rotatable bonds is 7. The van der Waals surface area contributed by atoms with Crippen LogP contribution in [0.25, 0.3) is 0 Å². The number of alkyl halides is 1. The molecule has 4 spiro atoms. The zero-order valence-corrected chi connectivity index (χ0v) is 63.7. The number of likely N-dealkylation sites (tertiary alicyclic amines) is 3. The summed E-state index contributed by atoms with van der Waals surface area (Å²) in [5, 5.41) is 56.3. The Kier molecular flexibility index (Phi) is 26.7. The van der Waals surface area contributed by atoms with Gasteiger partial charge in [0.15, 0.2) is 0 Å². The lowest BCUT2D eigenvalue weighted by Gasteiger charge is -2.39. The monoisotopic (exact) mass is 1720 g/mol. The molecular weight excluding hydrogens is 1660 g/mol. The van der Waals surface area contributed by atoms with Gasteiger partial charge < -0.3 is 43.0 Å². The molecule has 7 aromatic rings. The number of nitrogen functional groups attached to an aromatic ring is 1. The number of hydrogen-bond acceptors (Lipinski definition) is 25. The van der Waals surface area contributed by atoms with E-state index in [2.05, 4.69) is 133 Å². The molecule has 105 heavy (non-hydrogen) atoms. The fraction of sp³-hybridized carbons (Fsp3) is 0.375. The van der Waals surface area contributed by atoms with Crippen LogP contribution in [-0.2, 0) is 22.7 Å². The second-order valence-corrected chi connectivity index (χ2v) is 28.2. The van der Waals surface area contributed by atoms with Gasteiger partial charge in [-0.15, -0.1) is 12.4 Å². The number of nitrogens with one attached hydrogen (secondary N) is 7. The summed E-state index contributed by atoms with van der Waals surface area (Å²) in [7, 11) is 0. The van der Waals surface area contributed by atoms with Crippen LogP contribution in [0.3, 0.4) is 0 Å². The molecule has 4 amide bonds. The van der Waals surface area contributed by atoms with Crippen LogP contribution >= 0.6 is 107 Å². The number of fused-ring (bicyclic) bond motifs is 8. The highest BCUT2D eigenvalue weighted by atomic mass is 79.9. The topological polar surface area (TPSA) is 449 Å². The third-order valence-electron chi connectivity index (χ3n) is 18.2. The van der Waals surface area contributed by atoms with Crippen LogP contribution in [0, 0.1) is 45.3 Å². The van der Waals surface area contributed by atoms with Crippen molar-refractivity contribution in [3.05, 3.63) is 173 Å². The van der Waals surface area contributed by atoms with Crippen LogP contribution in [0.2, 0.25) is 20.1 Å². The number of anilines is 5. The van der Waals surface area contributed by atoms with E-state index < -0.39 is 22.7 Å². The highest BCUT2D eigenvalue weighted by molar-refractivity contribution is 9.10. The molecule has 33 nitrogen and oxygen atoms in total. The molecule has 15 rings (SSSR count). The van der Waals surface area contributed by atoms with Crippen molar-refractivity contribution >= 4 is 159 Å². The van der Waals surface area contributed by atoms with Gasteiger partial charge in [-0.3, -0.25) is 71.3 Å². The van der Waals surface area contributed by atoms with E-state index in [0.29, 0.717) is 147 Å². The summed E-state index contributed by atoms with van der Waals surface area (Å²) in [4.78, 5) is 129. The first-order valence-electron chi connectivity index (χ1n) is 31.9. The first-order chi connectivity index (χ1) is 49.9. The maximum absolute atomic E-state index is 13.2. The molecule has 0 aromatic carbocycles. The van der Waals surface area contributed by atoms with Crippen LogP contribution in [-0.4, -0.2) is 164 Å². The summed E-state index contributed by atoms with van der Waals surface area (Å²) in [5.41, 5.74) is 2.32. The van der Waals surface area contributed by atoms with Gasteiger partial charge in [0.25, 0.3) is 45.9 Å². The lowest BCUT2D eigenvalue weighted by molar-refractivity contribution is 0.0768. The summed E-state index contributed by atoms with van der Waals surface area (Å²) >= 11 is 34.2. The number of halogens is 8. The maximum Gasteiger partial charge on any atom is 0.276 e. The van der Waals surface area contributed by atoms with Gasteiger partial charge in [-0.1, -0.05) is 62.3 Å². The zero-order chi connectivity index (χ0) is 74.7. The van der Waals surface area contributed by atoms with Crippen molar-refractivity contribution in [2.45, 2.75) is 74.0 Å². The first-order valence-corrected chi connectivity index (χ1v) is 36.1. The highest BCUT2D eigenvalue weighted by Crippen LogP contribution is 2.40. The van der Waals surface area contributed by atoms with Gasteiger partial charge in [0.05, 0.1) is 78.3 Å². The summed E-state index contributed by atoms with van der Waals surface area (Å²) < 4.78 is 6.64. The minimum atomic E-state index is -0.831. The zero-order valence-electron chi connectivity index (χ0n) is 55.1. The van der Waals surface area contributed by atoms with E-state index in [-0.39, 0.29) is 107 Å². The molecule has 548 valence electrons. The van der Waals surface area contributed by atoms with Gasteiger partial charge in [-0.05, 0) is 87.4 Å². The van der Waals surface area contributed by atoms with Gasteiger partial charge in [-0.25, -0.2) is 29.9 Å². The summed E-state index contributed by atoms with van der Waals surface area (Å²) in [6.45, 7) is 6.19. The number of pyridine rings is 4. The normalized spacial score (nSPS) is 17.6. The van der Waals surface area contributed by atoms with Crippen molar-refractivity contribution in [2.75, 3.05) is 93.7 Å². The van der Waals surface area contributed by atoms with E-state index in [4.69, 9.17) is 73.2 Å². The minimum absolute atomic E-state index is 0. The average Bonchev–Trinajstić information content (AvgIpc) is 1.62. The number of carbonyl (C=O) groups excluding carboxylic acids is 4. The SMILES string of the molecule is Cl.N#CCBr.N#CCN1CCC2(CC1)NC(=O)c1c(Cl)cc(Br)c(=O)n12.N#CCN1CCC2(CC1)NC(=O)c1c(Cl)cc(Nc3ccncn3)c(=O)n12.N#CCN1CCC2(CC1)NC(=O)c1c(Cl)cc(Nc3ccncn3)c(=O)n12.Nc1ccncn1.O=C1NC2(CCNCC2)n2c1c(Cl)cc(Br)c2=O. The van der Waals surface area contributed by atoms with Gasteiger partial charge >= 0.3 is 0 Å². The predicted octanol–water partition coefficient (Wildman–Crippen LogP) is 5.81. The molecule has 4 fully saturated rings. The molecule has 0 saturated carbocycles. The third kappa shape index (κ3) is 17.1. The molecule has 8 aliphatic heterocycles. The third-order valence-corrected chi connectivity index (χ3v) is 20.7. The number of piperidine rings is 4. The van der Waals surface area contributed by atoms with Crippen LogP contribution < -0.4 is 65.2 Å². The molecule has 0 unspecified atom stereocenters. The van der Waals surface area contributed by atoms with E-state index in [1.54, 1.807) is 36.8 Å². The smallest absolute Gasteiger partial charge is 0.276 e. The Bertz CT molecular complexity index is 4710. The molecule has 0 radical (unpaired) electrons. The quantitative estimate of drug-likeness (QED) is 0.0689. The van der Waals surface area contributed by atoms with Gasteiger partial charge in [0, 0.05) is 109 Å². The van der Waals surface area contributed by atoms with E-state index >= 15 is 0 Å². The molecule has 7 aromatic heterocycles. The van der Waals surface area contributed by atoms with Gasteiger partial charge in [0.2, 0.25) is 0 Å². The maximum atomic E-state index is 13.2. The number of hydrogen-bond donors (Lipinski definition) is 8. The van der Waals surface area contributed by atoms with Gasteiger partial charge in [0.1, 0.15) is 93.2 Å². The van der Waals surface area contributed by atoms with E-state index in [9.17, 15) is 38.4 Å². The first kappa shape index (κ1) is 80.1. The second kappa shape index (κ2) is 34.9. The number of nitriles is 4. The molecule has 0 atom stereocenters. The van der Waals surface area contributed by atoms with Crippen molar-refractivity contribution in [1.29, 1.82) is 21.0 Å². The van der Waals surface area contributed by atoms with Crippen LogP contribution in [0.1, 0.15) is 93.3 Å². The number of nitrogens with zero attached hydrogens (tertiary/aromatic N) is 17. The van der Waals surface area contributed by atoms with Crippen molar-refractivity contribution in [3.63, 3.8) is 0 Å². The molecule has 15 heterocycles. The molecule has 41 heteroatoms.